The van der Waals surface area contributed by atoms with Gasteiger partial charge in [0, 0.05) is 0 Å². The molecule has 1 amide bonds. The van der Waals surface area contributed by atoms with Crippen LogP contribution in [0.25, 0.3) is 0 Å². The molecule has 2 N–H and O–H groups in total. The van der Waals surface area contributed by atoms with Crippen LogP contribution in [0, 0.1) is 0 Å². The van der Waals surface area contributed by atoms with Gasteiger partial charge in [0.1, 0.15) is 17.0 Å². The van der Waals surface area contributed by atoms with Gasteiger partial charge in [-0.1, -0.05) is 6.92 Å². The maximum absolute atomic E-state index is 11.7. The quantitative estimate of drug-likeness (QED) is 0.764. The molecular weight excluding hydrogens is 274 g/mol. The number of carbonyl (C=O) groups is 2. The topological polar surface area (TPSA) is 84.9 Å². The van der Waals surface area contributed by atoms with Gasteiger partial charge in [0.15, 0.2) is 0 Å². The van der Waals surface area contributed by atoms with Crippen LogP contribution < -0.4 is 14.8 Å². The monoisotopic (exact) mass is 295 g/mol. The van der Waals surface area contributed by atoms with E-state index >= 15 is 0 Å². The Kier molecular flexibility index (Phi) is 6.02. The van der Waals surface area contributed by atoms with Gasteiger partial charge in [-0.15, -0.1) is 0 Å². The molecule has 0 radical (unpaired) electrons. The van der Waals surface area contributed by atoms with Gasteiger partial charge >= 0.3 is 5.97 Å². The molecule has 0 aromatic heterocycles. The number of amides is 1. The average Bonchev–Trinajstić information content (AvgIpc) is 2.47. The Labute approximate surface area is 124 Å². The Morgan fingerprint density at radius 3 is 2.29 bits per heavy atom. The zero-order valence-corrected chi connectivity index (χ0v) is 12.5. The third-order valence-corrected chi connectivity index (χ3v) is 3.25. The van der Waals surface area contributed by atoms with Crippen molar-refractivity contribution in [3.63, 3.8) is 0 Å². The van der Waals surface area contributed by atoms with Crippen LogP contribution in [0.1, 0.15) is 26.7 Å². The fourth-order valence-corrected chi connectivity index (χ4v) is 1.60. The molecule has 0 saturated carbocycles. The molecule has 0 aliphatic heterocycles. The molecular formula is C15H21NO5. The first-order chi connectivity index (χ1) is 9.91. The van der Waals surface area contributed by atoms with Crippen LogP contribution in [0.5, 0.6) is 11.5 Å². The second-order valence-corrected chi connectivity index (χ2v) is 4.81. The second-order valence-electron chi connectivity index (χ2n) is 4.81. The number of carboxylic acid groups (broad SMARTS) is 1. The van der Waals surface area contributed by atoms with Gasteiger partial charge in [0.2, 0.25) is 5.91 Å². The molecule has 0 heterocycles. The Balaban J connectivity index is 2.41. The van der Waals surface area contributed by atoms with E-state index in [0.717, 1.165) is 5.75 Å². The number of ether oxygens (including phenoxy) is 2. The molecule has 0 saturated heterocycles. The summed E-state index contributed by atoms with van der Waals surface area (Å²) in [5.74, 6) is -0.0509. The van der Waals surface area contributed by atoms with Crippen molar-refractivity contribution in [3.05, 3.63) is 24.3 Å². The summed E-state index contributed by atoms with van der Waals surface area (Å²) < 4.78 is 10.4. The van der Waals surface area contributed by atoms with Crippen LogP contribution in [0.2, 0.25) is 0 Å². The normalized spacial score (nSPS) is 13.1. The van der Waals surface area contributed by atoms with E-state index in [4.69, 9.17) is 14.6 Å². The first kappa shape index (κ1) is 16.8. The van der Waals surface area contributed by atoms with Crippen molar-refractivity contribution in [2.45, 2.75) is 32.2 Å². The number of carboxylic acids is 1. The Morgan fingerprint density at radius 1 is 1.24 bits per heavy atom. The van der Waals surface area contributed by atoms with Crippen molar-refractivity contribution in [3.8, 4) is 11.5 Å². The minimum absolute atomic E-state index is 0.0922. The first-order valence-electron chi connectivity index (χ1n) is 6.72. The van der Waals surface area contributed by atoms with Gasteiger partial charge in [-0.05, 0) is 37.6 Å². The number of aliphatic carboxylic acids is 1. The van der Waals surface area contributed by atoms with E-state index in [0.29, 0.717) is 12.2 Å². The van der Waals surface area contributed by atoms with E-state index in [-0.39, 0.29) is 18.9 Å². The highest BCUT2D eigenvalue weighted by Crippen LogP contribution is 2.17. The van der Waals surface area contributed by atoms with E-state index < -0.39 is 11.5 Å². The van der Waals surface area contributed by atoms with E-state index in [1.165, 1.54) is 6.92 Å². The summed E-state index contributed by atoms with van der Waals surface area (Å²) in [4.78, 5) is 22.8. The van der Waals surface area contributed by atoms with E-state index in [2.05, 4.69) is 5.32 Å². The predicted molar refractivity (Wildman–Crippen MR) is 77.6 cm³/mol. The number of hydrogen-bond acceptors (Lipinski definition) is 4. The van der Waals surface area contributed by atoms with Crippen molar-refractivity contribution in [2.75, 3.05) is 13.7 Å². The van der Waals surface area contributed by atoms with Crippen LogP contribution in [0.3, 0.4) is 0 Å². The second kappa shape index (κ2) is 7.52. The average molecular weight is 295 g/mol. The minimum atomic E-state index is -1.24. The summed E-state index contributed by atoms with van der Waals surface area (Å²) in [6.45, 7) is 3.37. The zero-order valence-electron chi connectivity index (χ0n) is 12.5. The summed E-state index contributed by atoms with van der Waals surface area (Å²) in [5, 5.41) is 11.6. The van der Waals surface area contributed by atoms with Gasteiger partial charge in [-0.2, -0.15) is 0 Å². The first-order valence-corrected chi connectivity index (χ1v) is 6.72. The number of nitrogens with one attached hydrogen (secondary N) is 1. The summed E-state index contributed by atoms with van der Waals surface area (Å²) in [6.07, 6.45) is 0.405. The largest absolute Gasteiger partial charge is 0.497 e. The number of methoxy groups -OCH3 is 1. The molecule has 1 rings (SSSR count). The van der Waals surface area contributed by atoms with Crippen LogP contribution in [0.15, 0.2) is 24.3 Å². The fourth-order valence-electron chi connectivity index (χ4n) is 1.60. The van der Waals surface area contributed by atoms with Crippen LogP contribution in [0.4, 0.5) is 0 Å². The van der Waals surface area contributed by atoms with Gasteiger partial charge in [-0.3, -0.25) is 4.79 Å². The lowest BCUT2D eigenvalue weighted by Gasteiger charge is -2.24. The molecule has 1 aromatic rings. The highest BCUT2D eigenvalue weighted by molar-refractivity contribution is 5.86. The molecule has 1 atom stereocenters. The molecule has 6 heteroatoms. The summed E-state index contributed by atoms with van der Waals surface area (Å²) >= 11 is 0. The summed E-state index contributed by atoms with van der Waals surface area (Å²) in [7, 11) is 1.58. The molecule has 1 aromatic carbocycles. The smallest absolute Gasteiger partial charge is 0.329 e. The van der Waals surface area contributed by atoms with Gasteiger partial charge < -0.3 is 19.9 Å². The maximum Gasteiger partial charge on any atom is 0.329 e. The van der Waals surface area contributed by atoms with Gasteiger partial charge in [0.25, 0.3) is 0 Å². The molecule has 0 fully saturated rings. The van der Waals surface area contributed by atoms with Crippen molar-refractivity contribution in [1.82, 2.24) is 5.32 Å². The lowest BCUT2D eigenvalue weighted by Crippen LogP contribution is -2.51. The molecule has 6 nitrogen and oxygen atoms in total. The molecule has 1 unspecified atom stereocenters. The Hall–Kier alpha value is -2.24. The third kappa shape index (κ3) is 4.98. The van der Waals surface area contributed by atoms with Crippen LogP contribution in [-0.4, -0.2) is 36.2 Å². The minimum Gasteiger partial charge on any atom is -0.497 e. The van der Waals surface area contributed by atoms with Crippen molar-refractivity contribution in [1.29, 1.82) is 0 Å². The summed E-state index contributed by atoms with van der Waals surface area (Å²) in [5.41, 5.74) is -1.24. The van der Waals surface area contributed by atoms with E-state index in [1.807, 2.05) is 0 Å². The number of carbonyl (C=O) groups excluding carboxylic acids is 1. The van der Waals surface area contributed by atoms with Gasteiger partial charge in [-0.25, -0.2) is 4.79 Å². The Bertz CT molecular complexity index is 485. The standard InChI is InChI=1S/C15H21NO5/c1-4-15(2,14(18)19)16-13(17)9-10-21-12-7-5-11(20-3)6-8-12/h5-8H,4,9-10H2,1-3H3,(H,16,17)(H,18,19). The molecule has 0 aliphatic carbocycles. The lowest BCUT2D eigenvalue weighted by molar-refractivity contribution is -0.147. The van der Waals surface area contributed by atoms with Crippen LogP contribution >= 0.6 is 0 Å². The molecule has 0 bridgehead atoms. The number of benzene rings is 1. The maximum atomic E-state index is 11.7. The highest BCUT2D eigenvalue weighted by Gasteiger charge is 2.32. The number of rotatable bonds is 8. The highest BCUT2D eigenvalue weighted by atomic mass is 16.5. The SMILES string of the molecule is CCC(C)(NC(=O)CCOc1ccc(OC)cc1)C(=O)O. The molecule has 116 valence electrons. The molecule has 0 spiro atoms. The fraction of sp³-hybridized carbons (Fsp3) is 0.467. The zero-order chi connectivity index (χ0) is 15.9. The van der Waals surface area contributed by atoms with Crippen molar-refractivity contribution < 1.29 is 24.2 Å². The lowest BCUT2D eigenvalue weighted by atomic mass is 9.99. The molecule has 0 aliphatic rings. The van der Waals surface area contributed by atoms with Gasteiger partial charge in [0.05, 0.1) is 20.1 Å². The number of hydrogen-bond donors (Lipinski definition) is 2. The Morgan fingerprint density at radius 2 is 1.81 bits per heavy atom. The van der Waals surface area contributed by atoms with Crippen molar-refractivity contribution >= 4 is 11.9 Å². The van der Waals surface area contributed by atoms with Crippen LogP contribution in [-0.2, 0) is 9.59 Å². The molecule has 21 heavy (non-hydrogen) atoms. The predicted octanol–water partition coefficient (Wildman–Crippen LogP) is 1.83. The third-order valence-electron chi connectivity index (χ3n) is 3.25. The summed E-state index contributed by atoms with van der Waals surface area (Å²) in [6, 6.07) is 7.00. The van der Waals surface area contributed by atoms with E-state index in [1.54, 1.807) is 38.3 Å². The van der Waals surface area contributed by atoms with Crippen molar-refractivity contribution in [2.24, 2.45) is 0 Å². The van der Waals surface area contributed by atoms with E-state index in [9.17, 15) is 9.59 Å².